The molecule has 15 heavy (non-hydrogen) atoms. The number of rotatable bonds is 4. The maximum Gasteiger partial charge on any atom is 0.227 e. The fourth-order valence-corrected chi connectivity index (χ4v) is 1.77. The molecule has 0 N–H and O–H groups in total. The molecule has 1 aromatic rings. The first-order valence-electron chi connectivity index (χ1n) is 4.26. The summed E-state index contributed by atoms with van der Waals surface area (Å²) in [7, 11) is -2.02. The summed E-state index contributed by atoms with van der Waals surface area (Å²) in [5.41, 5.74) is 0.793. The molecule has 0 unspecified atom stereocenters. The van der Waals surface area contributed by atoms with Crippen LogP contribution < -0.4 is 0 Å². The average molecular weight is 225 g/mol. The van der Waals surface area contributed by atoms with Crippen molar-refractivity contribution in [3.05, 3.63) is 30.1 Å². The molecule has 0 amide bonds. The molecule has 1 heterocycles. The quantitative estimate of drug-likeness (QED) is 0.741. The molecular formula is C9H11N3O2S. The average Bonchev–Trinajstić information content (AvgIpc) is 2.19. The van der Waals surface area contributed by atoms with Crippen molar-refractivity contribution in [2.24, 2.45) is 0 Å². The van der Waals surface area contributed by atoms with Crippen molar-refractivity contribution in [1.29, 1.82) is 5.26 Å². The zero-order valence-electron chi connectivity index (χ0n) is 8.29. The van der Waals surface area contributed by atoms with Crippen LogP contribution in [0.25, 0.3) is 0 Å². The van der Waals surface area contributed by atoms with E-state index in [4.69, 9.17) is 5.26 Å². The van der Waals surface area contributed by atoms with Crippen LogP contribution in [0.5, 0.6) is 0 Å². The van der Waals surface area contributed by atoms with E-state index in [0.717, 1.165) is 9.87 Å². The Morgan fingerprint density at radius 3 is 2.87 bits per heavy atom. The van der Waals surface area contributed by atoms with E-state index in [1.807, 2.05) is 0 Å². The zero-order valence-corrected chi connectivity index (χ0v) is 9.11. The van der Waals surface area contributed by atoms with Gasteiger partial charge < -0.3 is 0 Å². The number of hydrogen-bond acceptors (Lipinski definition) is 4. The maximum absolute atomic E-state index is 11.4. The smallest absolute Gasteiger partial charge is 0.227 e. The second-order valence-corrected chi connectivity index (χ2v) is 5.11. The number of nitriles is 1. The first-order chi connectivity index (χ1) is 7.06. The van der Waals surface area contributed by atoms with Crippen LogP contribution in [0.4, 0.5) is 0 Å². The van der Waals surface area contributed by atoms with Gasteiger partial charge in [-0.15, -0.1) is 0 Å². The Kier molecular flexibility index (Phi) is 3.77. The van der Waals surface area contributed by atoms with Crippen molar-refractivity contribution in [2.45, 2.75) is 6.54 Å². The van der Waals surface area contributed by atoms with Gasteiger partial charge >= 0.3 is 0 Å². The van der Waals surface area contributed by atoms with Crippen molar-refractivity contribution in [3.8, 4) is 6.07 Å². The summed E-state index contributed by atoms with van der Waals surface area (Å²) in [5, 5.41) is 8.35. The predicted octanol–water partition coefficient (Wildman–Crippen LogP) is 0.367. The molecular weight excluding hydrogens is 214 g/mol. The van der Waals surface area contributed by atoms with Crippen molar-refractivity contribution < 1.29 is 8.42 Å². The van der Waals surface area contributed by atoms with Gasteiger partial charge in [0.05, 0.1) is 6.07 Å². The van der Waals surface area contributed by atoms with Gasteiger partial charge in [-0.3, -0.25) is 4.98 Å². The summed E-state index contributed by atoms with van der Waals surface area (Å²) in [6.45, 7) is 0.234. The third-order valence-corrected chi connectivity index (χ3v) is 3.42. The van der Waals surface area contributed by atoms with Crippen LogP contribution in [0, 0.1) is 11.3 Å². The summed E-state index contributed by atoms with van der Waals surface area (Å²) in [4.78, 5) is 3.88. The van der Waals surface area contributed by atoms with E-state index in [2.05, 4.69) is 4.98 Å². The number of nitrogens with zero attached hydrogens (tertiary/aromatic N) is 3. The first-order valence-corrected chi connectivity index (χ1v) is 5.87. The molecule has 0 saturated heterocycles. The van der Waals surface area contributed by atoms with Crippen molar-refractivity contribution in [1.82, 2.24) is 9.29 Å². The summed E-state index contributed by atoms with van der Waals surface area (Å²) in [6.07, 6.45) is 3.21. The third-order valence-electron chi connectivity index (χ3n) is 1.85. The SMILES string of the molecule is CN(Cc1cccnc1)S(=O)(=O)CC#N. The van der Waals surface area contributed by atoms with Gasteiger partial charge in [-0.05, 0) is 11.6 Å². The van der Waals surface area contributed by atoms with E-state index < -0.39 is 15.8 Å². The summed E-state index contributed by atoms with van der Waals surface area (Å²) >= 11 is 0. The fourth-order valence-electron chi connectivity index (χ4n) is 1.04. The summed E-state index contributed by atoms with van der Waals surface area (Å²) < 4.78 is 24.0. The van der Waals surface area contributed by atoms with E-state index in [1.54, 1.807) is 30.6 Å². The van der Waals surface area contributed by atoms with Crippen molar-refractivity contribution >= 4 is 10.0 Å². The Morgan fingerprint density at radius 1 is 1.60 bits per heavy atom. The standard InChI is InChI=1S/C9H11N3O2S/c1-12(15(13,14)6-4-10)8-9-3-2-5-11-7-9/h2-3,5,7H,6,8H2,1H3. The lowest BCUT2D eigenvalue weighted by molar-refractivity contribution is 0.469. The molecule has 0 saturated carbocycles. The topological polar surface area (TPSA) is 74.1 Å². The minimum absolute atomic E-state index is 0.234. The van der Waals surface area contributed by atoms with Gasteiger partial charge in [-0.2, -0.15) is 9.57 Å². The van der Waals surface area contributed by atoms with Gasteiger partial charge in [-0.25, -0.2) is 8.42 Å². The fraction of sp³-hybridized carbons (Fsp3) is 0.333. The monoisotopic (exact) mass is 225 g/mol. The molecule has 0 aliphatic rings. The Balaban J connectivity index is 2.73. The van der Waals surface area contributed by atoms with Crippen LogP contribution in [-0.2, 0) is 16.6 Å². The number of pyridine rings is 1. The molecule has 1 rings (SSSR count). The lowest BCUT2D eigenvalue weighted by atomic mass is 10.3. The van der Waals surface area contributed by atoms with Gasteiger partial charge in [0.2, 0.25) is 10.0 Å². The Morgan fingerprint density at radius 2 is 2.33 bits per heavy atom. The minimum Gasteiger partial charge on any atom is -0.264 e. The van der Waals surface area contributed by atoms with E-state index in [-0.39, 0.29) is 6.54 Å². The van der Waals surface area contributed by atoms with E-state index in [1.165, 1.54) is 7.05 Å². The van der Waals surface area contributed by atoms with Crippen molar-refractivity contribution in [2.75, 3.05) is 12.8 Å². The number of hydrogen-bond donors (Lipinski definition) is 0. The van der Waals surface area contributed by atoms with E-state index in [9.17, 15) is 8.42 Å². The first kappa shape index (κ1) is 11.6. The molecule has 0 aliphatic carbocycles. The molecule has 0 fully saturated rings. The summed E-state index contributed by atoms with van der Waals surface area (Å²) in [6, 6.07) is 5.15. The predicted molar refractivity (Wildman–Crippen MR) is 55.1 cm³/mol. The minimum atomic E-state index is -3.46. The third kappa shape index (κ3) is 3.31. The van der Waals surface area contributed by atoms with Gasteiger partial charge in [-0.1, -0.05) is 6.07 Å². The summed E-state index contributed by atoms with van der Waals surface area (Å²) in [5.74, 6) is -0.496. The van der Waals surface area contributed by atoms with Crippen LogP contribution in [-0.4, -0.2) is 30.5 Å². The Labute approximate surface area is 89.0 Å². The molecule has 0 aromatic carbocycles. The highest BCUT2D eigenvalue weighted by Gasteiger charge is 2.17. The van der Waals surface area contributed by atoms with Gasteiger partial charge in [0.25, 0.3) is 0 Å². The van der Waals surface area contributed by atoms with Crippen LogP contribution in [0.1, 0.15) is 5.56 Å². The highest BCUT2D eigenvalue weighted by molar-refractivity contribution is 7.89. The molecule has 5 nitrogen and oxygen atoms in total. The molecule has 0 bridgehead atoms. The Hall–Kier alpha value is -1.45. The number of sulfonamides is 1. The lowest BCUT2D eigenvalue weighted by Gasteiger charge is -2.14. The van der Waals surface area contributed by atoms with Gasteiger partial charge in [0.15, 0.2) is 5.75 Å². The maximum atomic E-state index is 11.4. The molecule has 80 valence electrons. The highest BCUT2D eigenvalue weighted by atomic mass is 32.2. The molecule has 0 radical (unpaired) electrons. The van der Waals surface area contributed by atoms with Crippen LogP contribution in [0.3, 0.4) is 0 Å². The largest absolute Gasteiger partial charge is 0.264 e. The molecule has 6 heteroatoms. The van der Waals surface area contributed by atoms with Crippen LogP contribution >= 0.6 is 0 Å². The highest BCUT2D eigenvalue weighted by Crippen LogP contribution is 2.05. The van der Waals surface area contributed by atoms with E-state index in [0.29, 0.717) is 0 Å². The molecule has 1 aromatic heterocycles. The lowest BCUT2D eigenvalue weighted by Crippen LogP contribution is -2.28. The van der Waals surface area contributed by atoms with Crippen LogP contribution in [0.2, 0.25) is 0 Å². The van der Waals surface area contributed by atoms with Crippen LogP contribution in [0.15, 0.2) is 24.5 Å². The molecule has 0 atom stereocenters. The second kappa shape index (κ2) is 4.87. The van der Waals surface area contributed by atoms with Gasteiger partial charge in [0.1, 0.15) is 0 Å². The van der Waals surface area contributed by atoms with Gasteiger partial charge in [0, 0.05) is 26.0 Å². The molecule has 0 aliphatic heterocycles. The molecule has 0 spiro atoms. The number of aromatic nitrogens is 1. The second-order valence-electron chi connectivity index (χ2n) is 3.03. The van der Waals surface area contributed by atoms with Crippen molar-refractivity contribution in [3.63, 3.8) is 0 Å². The van der Waals surface area contributed by atoms with E-state index >= 15 is 0 Å². The normalized spacial score (nSPS) is 11.3. The zero-order chi connectivity index (χ0) is 11.3. The Bertz CT molecular complexity index is 450.